The summed E-state index contributed by atoms with van der Waals surface area (Å²) in [6, 6.07) is 8.33. The van der Waals surface area contributed by atoms with Crippen LogP contribution in [-0.2, 0) is 6.54 Å². The third-order valence-corrected chi connectivity index (χ3v) is 5.67. The first-order chi connectivity index (χ1) is 13.8. The number of aryl methyl sites for hydroxylation is 1. The lowest BCUT2D eigenvalue weighted by Gasteiger charge is -2.38. The number of hydrogen-bond acceptors (Lipinski definition) is 4. The highest BCUT2D eigenvalue weighted by Crippen LogP contribution is 2.24. The van der Waals surface area contributed by atoms with Crippen molar-refractivity contribution in [2.24, 2.45) is 5.92 Å². The van der Waals surface area contributed by atoms with Crippen molar-refractivity contribution in [2.45, 2.75) is 33.4 Å². The molecule has 1 aliphatic heterocycles. The van der Waals surface area contributed by atoms with Gasteiger partial charge in [0.1, 0.15) is 17.0 Å². The van der Waals surface area contributed by atoms with Crippen molar-refractivity contribution < 1.29 is 9.18 Å². The zero-order valence-corrected chi connectivity index (χ0v) is 17.7. The van der Waals surface area contributed by atoms with E-state index >= 15 is 0 Å². The Morgan fingerprint density at radius 3 is 2.41 bits per heavy atom. The van der Waals surface area contributed by atoms with Crippen LogP contribution in [0, 0.1) is 30.0 Å². The Kier molecular flexibility index (Phi) is 6.56. The zero-order chi connectivity index (χ0) is 21.1. The molecule has 0 N–H and O–H groups in total. The van der Waals surface area contributed by atoms with Crippen LogP contribution in [0.5, 0.6) is 0 Å². The third-order valence-electron chi connectivity index (χ3n) is 5.28. The number of nitrogens with zero attached hydrogens (tertiary/aromatic N) is 5. The molecule has 2 aromatic rings. The number of amides is 1. The highest BCUT2D eigenvalue weighted by atomic mass is 35.5. The molecule has 1 aromatic carbocycles. The molecule has 1 atom stereocenters. The number of rotatable bonds is 5. The molecule has 1 fully saturated rings. The molecule has 0 bridgehead atoms. The Bertz CT molecular complexity index is 910. The van der Waals surface area contributed by atoms with E-state index in [2.05, 4.69) is 16.1 Å². The van der Waals surface area contributed by atoms with Gasteiger partial charge in [-0.2, -0.15) is 10.4 Å². The van der Waals surface area contributed by atoms with Crippen LogP contribution in [0.25, 0.3) is 0 Å². The number of halogens is 2. The van der Waals surface area contributed by atoms with E-state index in [0.717, 1.165) is 5.56 Å². The van der Waals surface area contributed by atoms with Gasteiger partial charge in [0.25, 0.3) is 5.91 Å². The summed E-state index contributed by atoms with van der Waals surface area (Å²) in [6.45, 7) is 8.59. The average molecular weight is 418 g/mol. The second-order valence-electron chi connectivity index (χ2n) is 7.68. The van der Waals surface area contributed by atoms with Crippen LogP contribution in [-0.4, -0.2) is 57.7 Å². The number of aromatic nitrogens is 2. The first-order valence-corrected chi connectivity index (χ1v) is 10.1. The van der Waals surface area contributed by atoms with Crippen molar-refractivity contribution in [3.05, 3.63) is 52.1 Å². The molecule has 1 aromatic heterocycles. The smallest absolute Gasteiger partial charge is 0.258 e. The normalized spacial score (nSPS) is 16.1. The molecular formula is C21H25ClFN5O. The Morgan fingerprint density at radius 1 is 1.24 bits per heavy atom. The highest BCUT2D eigenvalue weighted by Gasteiger charge is 2.31. The van der Waals surface area contributed by atoms with Gasteiger partial charge in [0.2, 0.25) is 0 Å². The third kappa shape index (κ3) is 4.60. The van der Waals surface area contributed by atoms with Crippen molar-refractivity contribution in [3.8, 4) is 6.07 Å². The van der Waals surface area contributed by atoms with Crippen molar-refractivity contribution >= 4 is 17.5 Å². The molecule has 8 heteroatoms. The van der Waals surface area contributed by atoms with Crippen molar-refractivity contribution in [2.75, 3.05) is 26.2 Å². The average Bonchev–Trinajstić information content (AvgIpc) is 2.97. The van der Waals surface area contributed by atoms with E-state index in [9.17, 15) is 14.4 Å². The number of nitriles is 1. The van der Waals surface area contributed by atoms with Gasteiger partial charge in [0.15, 0.2) is 0 Å². The molecule has 1 unspecified atom stereocenters. The second kappa shape index (κ2) is 8.93. The lowest BCUT2D eigenvalue weighted by molar-refractivity contribution is 0.0576. The lowest BCUT2D eigenvalue weighted by atomic mass is 10.0. The van der Waals surface area contributed by atoms with Crippen LogP contribution in [0.1, 0.15) is 35.5 Å². The summed E-state index contributed by atoms with van der Waals surface area (Å²) < 4.78 is 14.7. The number of piperazine rings is 1. The Balaban J connectivity index is 1.71. The maximum atomic E-state index is 13.1. The molecule has 2 heterocycles. The lowest BCUT2D eigenvalue weighted by Crippen LogP contribution is -2.52. The van der Waals surface area contributed by atoms with E-state index < -0.39 is 0 Å². The fraction of sp³-hybridized carbons (Fsp3) is 0.476. The van der Waals surface area contributed by atoms with Gasteiger partial charge in [-0.3, -0.25) is 9.69 Å². The molecular weight excluding hydrogens is 393 g/mol. The van der Waals surface area contributed by atoms with Crippen molar-refractivity contribution in [1.29, 1.82) is 5.26 Å². The first-order valence-electron chi connectivity index (χ1n) is 9.72. The van der Waals surface area contributed by atoms with Crippen molar-refractivity contribution in [3.63, 3.8) is 0 Å². The molecule has 1 aliphatic rings. The van der Waals surface area contributed by atoms with Gasteiger partial charge >= 0.3 is 0 Å². The Hall–Kier alpha value is -2.43. The zero-order valence-electron chi connectivity index (χ0n) is 16.9. The summed E-state index contributed by atoms with van der Waals surface area (Å²) in [4.78, 5) is 17.0. The molecule has 0 radical (unpaired) electrons. The van der Waals surface area contributed by atoms with E-state index in [1.165, 1.54) is 12.1 Å². The van der Waals surface area contributed by atoms with Gasteiger partial charge < -0.3 is 4.90 Å². The van der Waals surface area contributed by atoms with E-state index in [0.29, 0.717) is 44.0 Å². The van der Waals surface area contributed by atoms with Gasteiger partial charge in [-0.15, -0.1) is 0 Å². The minimum Gasteiger partial charge on any atom is -0.336 e. The molecule has 6 nitrogen and oxygen atoms in total. The quantitative estimate of drug-likeness (QED) is 0.748. The van der Waals surface area contributed by atoms with Gasteiger partial charge in [-0.1, -0.05) is 37.6 Å². The van der Waals surface area contributed by atoms with Crippen LogP contribution >= 0.6 is 11.6 Å². The minimum atomic E-state index is -0.303. The fourth-order valence-corrected chi connectivity index (χ4v) is 3.99. The van der Waals surface area contributed by atoms with E-state index in [1.54, 1.807) is 28.6 Å². The largest absolute Gasteiger partial charge is 0.336 e. The molecule has 0 saturated carbocycles. The maximum absolute atomic E-state index is 13.1. The van der Waals surface area contributed by atoms with Gasteiger partial charge in [-0.05, 0) is 30.5 Å². The molecule has 1 amide bonds. The highest BCUT2D eigenvalue weighted by molar-refractivity contribution is 6.33. The minimum absolute atomic E-state index is 0.143. The van der Waals surface area contributed by atoms with Crippen LogP contribution < -0.4 is 0 Å². The molecule has 0 aliphatic carbocycles. The molecule has 3 rings (SSSR count). The standard InChI is InChI=1S/C21H25ClFN5O/c1-14(2)18(12-24)26-8-10-27(11-9-26)21(29)19-15(3)25-28(20(19)22)13-16-4-6-17(23)7-5-16/h4-7,14,18H,8-11,13H2,1-3H3. The van der Waals surface area contributed by atoms with Gasteiger partial charge in [-0.25, -0.2) is 9.07 Å². The van der Waals surface area contributed by atoms with Gasteiger partial charge in [0, 0.05) is 26.2 Å². The number of hydrogen-bond donors (Lipinski definition) is 0. The summed E-state index contributed by atoms with van der Waals surface area (Å²) in [7, 11) is 0. The van der Waals surface area contributed by atoms with Crippen LogP contribution in [0.4, 0.5) is 4.39 Å². The predicted molar refractivity (Wildman–Crippen MR) is 109 cm³/mol. The fourth-order valence-electron chi connectivity index (χ4n) is 3.68. The summed E-state index contributed by atoms with van der Waals surface area (Å²) in [5.74, 6) is -0.207. The van der Waals surface area contributed by atoms with E-state index in [-0.39, 0.29) is 28.8 Å². The summed E-state index contributed by atoms with van der Waals surface area (Å²) in [6.07, 6.45) is 0. The number of carbonyl (C=O) groups is 1. The predicted octanol–water partition coefficient (Wildman–Crippen LogP) is 3.34. The van der Waals surface area contributed by atoms with Crippen molar-refractivity contribution in [1.82, 2.24) is 19.6 Å². The molecule has 154 valence electrons. The Morgan fingerprint density at radius 2 is 1.86 bits per heavy atom. The van der Waals surface area contributed by atoms with Crippen LogP contribution in [0.2, 0.25) is 5.15 Å². The summed E-state index contributed by atoms with van der Waals surface area (Å²) >= 11 is 6.49. The molecule has 1 saturated heterocycles. The monoisotopic (exact) mass is 417 g/mol. The van der Waals surface area contributed by atoms with Gasteiger partial charge in [0.05, 0.1) is 23.9 Å². The second-order valence-corrected chi connectivity index (χ2v) is 8.04. The van der Waals surface area contributed by atoms with Crippen LogP contribution in [0.3, 0.4) is 0 Å². The first kappa shape index (κ1) is 21.3. The maximum Gasteiger partial charge on any atom is 0.258 e. The SMILES string of the molecule is Cc1nn(Cc2ccc(F)cc2)c(Cl)c1C(=O)N1CCN(C(C#N)C(C)C)CC1. The summed E-state index contributed by atoms with van der Waals surface area (Å²) in [5.41, 5.74) is 1.82. The van der Waals surface area contributed by atoms with E-state index in [4.69, 9.17) is 11.6 Å². The molecule has 29 heavy (non-hydrogen) atoms. The number of benzene rings is 1. The van der Waals surface area contributed by atoms with Crippen LogP contribution in [0.15, 0.2) is 24.3 Å². The van der Waals surface area contributed by atoms with E-state index in [1.807, 2.05) is 13.8 Å². The molecule has 0 spiro atoms. The number of carbonyl (C=O) groups excluding carboxylic acids is 1. The summed E-state index contributed by atoms with van der Waals surface area (Å²) in [5, 5.41) is 14.1. The Labute approximate surface area is 175 Å². The topological polar surface area (TPSA) is 65.2 Å².